The van der Waals surface area contributed by atoms with Gasteiger partial charge in [-0.2, -0.15) is 0 Å². The number of ether oxygens (including phenoxy) is 2. The number of para-hydroxylation sites is 1. The Hall–Kier alpha value is -2.74. The van der Waals surface area contributed by atoms with Gasteiger partial charge in [0.1, 0.15) is 11.5 Å². The molecule has 0 bridgehead atoms. The van der Waals surface area contributed by atoms with Gasteiger partial charge in [-0.15, -0.1) is 11.8 Å². The molecule has 1 atom stereocenters. The van der Waals surface area contributed by atoms with Crippen LogP contribution in [0.25, 0.3) is 21.8 Å². The van der Waals surface area contributed by atoms with Crippen LogP contribution in [-0.2, 0) is 9.84 Å². The normalized spacial score (nSPS) is 12.9. The molecule has 0 N–H and O–H groups in total. The van der Waals surface area contributed by atoms with Crippen molar-refractivity contribution >= 4 is 42.6 Å². The second-order valence-corrected chi connectivity index (χ2v) is 13.0. The van der Waals surface area contributed by atoms with Crippen molar-refractivity contribution in [3.8, 4) is 11.5 Å². The number of aromatic nitrogens is 1. The van der Waals surface area contributed by atoms with Crippen molar-refractivity contribution in [3.05, 3.63) is 75.9 Å². The molecule has 4 rings (SSSR count). The average molecular weight is 521 g/mol. The van der Waals surface area contributed by atoms with Crippen molar-refractivity contribution in [1.82, 2.24) is 4.57 Å². The van der Waals surface area contributed by atoms with Crippen LogP contribution in [0, 0.1) is 0 Å². The van der Waals surface area contributed by atoms with Gasteiger partial charge in [0.15, 0.2) is 11.7 Å². The van der Waals surface area contributed by atoms with Crippen LogP contribution in [0.4, 0.5) is 0 Å². The number of rotatable bonds is 7. The molecular weight excluding hydrogens is 486 g/mol. The minimum Gasteiger partial charge on any atom is -0.496 e. The maximum absolute atomic E-state index is 13.5. The quantitative estimate of drug-likeness (QED) is 0.149. The lowest BCUT2D eigenvalue weighted by molar-refractivity contribution is 0.184. The van der Waals surface area contributed by atoms with E-state index in [1.54, 1.807) is 26.0 Å². The van der Waals surface area contributed by atoms with Crippen molar-refractivity contribution in [3.63, 3.8) is 0 Å². The number of benzene rings is 3. The summed E-state index contributed by atoms with van der Waals surface area (Å²) in [5, 5.41) is 1.34. The van der Waals surface area contributed by atoms with Gasteiger partial charge >= 0.3 is 0 Å². The van der Waals surface area contributed by atoms with Crippen LogP contribution in [0.2, 0.25) is 13.1 Å². The Balaban J connectivity index is 2.14. The smallest absolute Gasteiger partial charge is 0.208 e. The van der Waals surface area contributed by atoms with E-state index in [4.69, 9.17) is 13.9 Å². The first-order valence-corrected chi connectivity index (χ1v) is 15.6. The van der Waals surface area contributed by atoms with Crippen LogP contribution < -0.4 is 14.9 Å². The number of fused-ring (bicyclic) bond motifs is 2. The maximum atomic E-state index is 13.5. The van der Waals surface area contributed by atoms with Gasteiger partial charge in [-0.25, -0.2) is 0 Å². The summed E-state index contributed by atoms with van der Waals surface area (Å²) in [5.74, 6) is 1.51. The third-order valence-electron chi connectivity index (χ3n) is 6.26. The highest BCUT2D eigenvalue weighted by molar-refractivity contribution is 7.98. The zero-order valence-corrected chi connectivity index (χ0v) is 24.1. The molecule has 0 aliphatic carbocycles. The Morgan fingerprint density at radius 2 is 1.50 bits per heavy atom. The van der Waals surface area contributed by atoms with Crippen LogP contribution in [-0.4, -0.2) is 34.1 Å². The SMILES string of the molecule is COc1cc(C(O[Si](C)C)n2c3ccccc3c(=O)c3ccc(SC)cc32)cc(OC)c1C(C)(C)C. The van der Waals surface area contributed by atoms with E-state index in [9.17, 15) is 4.79 Å². The molecule has 1 heterocycles. The fourth-order valence-electron chi connectivity index (χ4n) is 4.74. The summed E-state index contributed by atoms with van der Waals surface area (Å²) >= 11 is 1.65. The van der Waals surface area contributed by atoms with E-state index in [-0.39, 0.29) is 10.8 Å². The predicted molar refractivity (Wildman–Crippen MR) is 152 cm³/mol. The molecule has 189 valence electrons. The van der Waals surface area contributed by atoms with E-state index in [1.807, 2.05) is 42.7 Å². The summed E-state index contributed by atoms with van der Waals surface area (Å²) in [7, 11) is 2.22. The van der Waals surface area contributed by atoms with Crippen molar-refractivity contribution in [1.29, 1.82) is 0 Å². The van der Waals surface area contributed by atoms with Crippen molar-refractivity contribution in [2.45, 2.75) is 50.4 Å². The fourth-order valence-corrected chi connectivity index (χ4v) is 5.86. The molecule has 4 aromatic rings. The summed E-state index contributed by atoms with van der Waals surface area (Å²) in [6.45, 7) is 10.7. The van der Waals surface area contributed by atoms with E-state index >= 15 is 0 Å². The first-order chi connectivity index (χ1) is 17.1. The Kier molecular flexibility index (Phi) is 7.55. The van der Waals surface area contributed by atoms with Gasteiger partial charge in [0.25, 0.3) is 0 Å². The van der Waals surface area contributed by atoms with Gasteiger partial charge in [-0.05, 0) is 67.2 Å². The highest BCUT2D eigenvalue weighted by atomic mass is 32.2. The topological polar surface area (TPSA) is 49.7 Å². The molecule has 3 aromatic carbocycles. The number of hydrogen-bond donors (Lipinski definition) is 0. The molecule has 0 aliphatic rings. The van der Waals surface area contributed by atoms with Gasteiger partial charge in [-0.1, -0.05) is 32.9 Å². The summed E-state index contributed by atoms with van der Waals surface area (Å²) in [6.07, 6.45) is 1.56. The Bertz CT molecular complexity index is 1450. The summed E-state index contributed by atoms with van der Waals surface area (Å²) in [5.41, 5.74) is 3.44. The van der Waals surface area contributed by atoms with Crippen LogP contribution in [0.5, 0.6) is 11.5 Å². The Labute approximate surface area is 219 Å². The molecule has 0 fully saturated rings. The fraction of sp³-hybridized carbons (Fsp3) is 0.345. The summed E-state index contributed by atoms with van der Waals surface area (Å²) in [6, 6.07) is 17.9. The number of methoxy groups -OCH3 is 2. The van der Waals surface area contributed by atoms with Crippen molar-refractivity contribution < 1.29 is 13.9 Å². The van der Waals surface area contributed by atoms with Gasteiger partial charge in [-0.3, -0.25) is 4.79 Å². The number of nitrogens with zero attached hydrogens (tertiary/aromatic N) is 1. The molecule has 0 spiro atoms. The number of hydrogen-bond acceptors (Lipinski definition) is 5. The third kappa shape index (κ3) is 4.79. The van der Waals surface area contributed by atoms with E-state index in [0.717, 1.165) is 38.6 Å². The molecule has 1 aromatic heterocycles. The van der Waals surface area contributed by atoms with Crippen LogP contribution >= 0.6 is 11.8 Å². The Morgan fingerprint density at radius 3 is 2.06 bits per heavy atom. The highest BCUT2D eigenvalue weighted by Gasteiger charge is 2.29. The van der Waals surface area contributed by atoms with Crippen LogP contribution in [0.15, 0.2) is 64.3 Å². The van der Waals surface area contributed by atoms with Gasteiger partial charge in [0, 0.05) is 26.8 Å². The van der Waals surface area contributed by atoms with Gasteiger partial charge < -0.3 is 18.5 Å². The lowest BCUT2D eigenvalue weighted by Gasteiger charge is -2.30. The van der Waals surface area contributed by atoms with E-state index in [0.29, 0.717) is 10.8 Å². The second kappa shape index (κ2) is 10.3. The van der Waals surface area contributed by atoms with E-state index in [2.05, 4.69) is 56.6 Å². The zero-order valence-electron chi connectivity index (χ0n) is 22.3. The molecule has 1 unspecified atom stereocenters. The third-order valence-corrected chi connectivity index (χ3v) is 7.68. The largest absolute Gasteiger partial charge is 0.496 e. The van der Waals surface area contributed by atoms with E-state index in [1.165, 1.54) is 0 Å². The first kappa shape index (κ1) is 26.3. The number of pyridine rings is 1. The first-order valence-electron chi connectivity index (χ1n) is 11.9. The minimum atomic E-state index is -1.15. The summed E-state index contributed by atoms with van der Waals surface area (Å²) in [4.78, 5) is 14.6. The number of thioether (sulfide) groups is 1. The lowest BCUT2D eigenvalue weighted by Crippen LogP contribution is -2.24. The van der Waals surface area contributed by atoms with Gasteiger partial charge in [0.05, 0.1) is 25.3 Å². The standard InChI is InChI=1S/C29H34NO4SSi/c1-29(2,3)26-24(32-4)15-18(16-25(26)33-5)28(34-36(7)8)30-22-12-10-9-11-20(22)27(31)21-14-13-19(35-6)17-23(21)30/h9-17,28H,1-8H3. The molecule has 0 aliphatic heterocycles. The molecule has 5 nitrogen and oxygen atoms in total. The molecule has 7 heteroatoms. The average Bonchev–Trinajstić information content (AvgIpc) is 2.86. The molecule has 36 heavy (non-hydrogen) atoms. The molecule has 1 radical (unpaired) electrons. The minimum absolute atomic E-state index is 0.0278. The van der Waals surface area contributed by atoms with Crippen molar-refractivity contribution in [2.75, 3.05) is 20.5 Å². The maximum Gasteiger partial charge on any atom is 0.208 e. The highest BCUT2D eigenvalue weighted by Crippen LogP contribution is 2.42. The van der Waals surface area contributed by atoms with E-state index < -0.39 is 15.3 Å². The Morgan fingerprint density at radius 1 is 0.889 bits per heavy atom. The van der Waals surface area contributed by atoms with Crippen LogP contribution in [0.3, 0.4) is 0 Å². The summed E-state index contributed by atoms with van der Waals surface area (Å²) < 4.78 is 20.7. The van der Waals surface area contributed by atoms with Crippen LogP contribution in [0.1, 0.15) is 38.1 Å². The van der Waals surface area contributed by atoms with Gasteiger partial charge in [0.2, 0.25) is 9.04 Å². The second-order valence-electron chi connectivity index (χ2n) is 10.0. The predicted octanol–water partition coefficient (Wildman–Crippen LogP) is 7.01. The molecular formula is C29H34NO4SSi. The lowest BCUT2D eigenvalue weighted by atomic mass is 9.84. The molecule has 0 amide bonds. The molecule has 0 saturated heterocycles. The molecule has 0 saturated carbocycles. The van der Waals surface area contributed by atoms with Crippen molar-refractivity contribution in [2.24, 2.45) is 0 Å². The zero-order chi connectivity index (χ0) is 26.2. The monoisotopic (exact) mass is 520 g/mol.